The number of benzene rings is 1. The van der Waals surface area contributed by atoms with Crippen molar-refractivity contribution in [3.05, 3.63) is 35.4 Å². The molecule has 20 heavy (non-hydrogen) atoms. The van der Waals surface area contributed by atoms with E-state index in [0.29, 0.717) is 6.54 Å². The fourth-order valence-corrected chi connectivity index (χ4v) is 3.19. The number of carboxylic acids is 1. The van der Waals surface area contributed by atoms with Crippen LogP contribution in [0.5, 0.6) is 0 Å². The number of aliphatic carboxylic acids is 1. The highest BCUT2D eigenvalue weighted by Gasteiger charge is 2.43. The number of fused-ring (bicyclic) bond motifs is 1. The smallest absolute Gasteiger partial charge is 0.328 e. The summed E-state index contributed by atoms with van der Waals surface area (Å²) in [5, 5.41) is 9.60. The zero-order chi connectivity index (χ0) is 14.1. The summed E-state index contributed by atoms with van der Waals surface area (Å²) in [6.07, 6.45) is 3.01. The zero-order valence-corrected chi connectivity index (χ0v) is 11.3. The molecule has 3 N–H and O–H groups in total. The van der Waals surface area contributed by atoms with Crippen molar-refractivity contribution in [3.63, 3.8) is 0 Å². The Morgan fingerprint density at radius 1 is 1.40 bits per heavy atom. The number of aliphatic imine (C=N–C) groups is 1. The van der Waals surface area contributed by atoms with Crippen LogP contribution in [0.4, 0.5) is 0 Å². The monoisotopic (exact) mass is 273 g/mol. The molecular weight excluding hydrogens is 254 g/mol. The van der Waals surface area contributed by atoms with E-state index in [1.807, 2.05) is 29.2 Å². The third-order valence-electron chi connectivity index (χ3n) is 4.15. The highest BCUT2D eigenvalue weighted by atomic mass is 16.4. The van der Waals surface area contributed by atoms with Crippen molar-refractivity contribution >= 4 is 11.8 Å². The molecule has 2 heterocycles. The lowest BCUT2D eigenvalue weighted by Crippen LogP contribution is -2.45. The number of piperidine rings is 1. The lowest BCUT2D eigenvalue weighted by atomic mass is 9.95. The molecule has 2 aliphatic heterocycles. The average Bonchev–Trinajstić information content (AvgIpc) is 2.86. The maximum absolute atomic E-state index is 11.7. The second kappa shape index (κ2) is 5.25. The Morgan fingerprint density at radius 3 is 2.95 bits per heavy atom. The van der Waals surface area contributed by atoms with E-state index in [1.54, 1.807) is 0 Å². The summed E-state index contributed by atoms with van der Waals surface area (Å²) in [4.78, 5) is 18.4. The Morgan fingerprint density at radius 2 is 2.20 bits per heavy atom. The summed E-state index contributed by atoms with van der Waals surface area (Å²) < 4.78 is 0. The first-order valence-corrected chi connectivity index (χ1v) is 7.06. The fourth-order valence-electron chi connectivity index (χ4n) is 3.19. The van der Waals surface area contributed by atoms with Crippen molar-refractivity contribution in [3.8, 4) is 0 Å². The van der Waals surface area contributed by atoms with Gasteiger partial charge in [0.15, 0.2) is 6.04 Å². The minimum absolute atomic E-state index is 0.333. The molecule has 2 unspecified atom stereocenters. The average molecular weight is 273 g/mol. The van der Waals surface area contributed by atoms with E-state index in [2.05, 4.69) is 0 Å². The third-order valence-corrected chi connectivity index (χ3v) is 4.15. The number of nitrogens with two attached hydrogens (primary N) is 1. The highest BCUT2D eigenvalue weighted by molar-refractivity contribution is 5.91. The predicted octanol–water partition coefficient (Wildman–Crippen LogP) is 1.54. The number of carbonyl (C=O) groups is 1. The van der Waals surface area contributed by atoms with Gasteiger partial charge in [0.2, 0.25) is 0 Å². The van der Waals surface area contributed by atoms with Crippen LogP contribution in [0.25, 0.3) is 0 Å². The van der Waals surface area contributed by atoms with Gasteiger partial charge in [0.25, 0.3) is 0 Å². The summed E-state index contributed by atoms with van der Waals surface area (Å²) in [7, 11) is 0. The van der Waals surface area contributed by atoms with Gasteiger partial charge in [-0.05, 0) is 24.0 Å². The Kier molecular flexibility index (Phi) is 3.44. The van der Waals surface area contributed by atoms with Crippen molar-refractivity contribution < 1.29 is 9.90 Å². The molecule has 2 atom stereocenters. The van der Waals surface area contributed by atoms with Crippen LogP contribution in [0, 0.1) is 0 Å². The fraction of sp³-hybridized carbons (Fsp3) is 0.467. The molecule has 2 aliphatic rings. The van der Waals surface area contributed by atoms with Gasteiger partial charge in [-0.15, -0.1) is 0 Å². The summed E-state index contributed by atoms with van der Waals surface area (Å²) in [6.45, 7) is 1.20. The van der Waals surface area contributed by atoms with Gasteiger partial charge in [0.05, 0.1) is 0 Å². The molecule has 0 spiro atoms. The zero-order valence-electron chi connectivity index (χ0n) is 11.3. The largest absolute Gasteiger partial charge is 0.480 e. The minimum atomic E-state index is -0.803. The van der Waals surface area contributed by atoms with Gasteiger partial charge < -0.3 is 15.7 Å². The molecule has 0 saturated carbocycles. The number of hydrogen-bond donors (Lipinski definition) is 2. The van der Waals surface area contributed by atoms with Gasteiger partial charge in [-0.1, -0.05) is 24.3 Å². The van der Waals surface area contributed by atoms with Gasteiger partial charge in [-0.2, -0.15) is 0 Å². The van der Waals surface area contributed by atoms with Crippen LogP contribution >= 0.6 is 0 Å². The molecule has 0 aliphatic carbocycles. The lowest BCUT2D eigenvalue weighted by Gasteiger charge is -2.30. The Hall–Kier alpha value is -1.88. The number of nitrogens with zero attached hydrogens (tertiary/aromatic N) is 2. The van der Waals surface area contributed by atoms with Crippen molar-refractivity contribution in [2.24, 2.45) is 10.7 Å². The molecule has 5 heteroatoms. The van der Waals surface area contributed by atoms with Crippen LogP contribution in [0.2, 0.25) is 0 Å². The SMILES string of the molecule is NCc1ccccc1C1N=C2CCCCN2C1C(=O)O. The van der Waals surface area contributed by atoms with E-state index in [1.165, 1.54) is 0 Å². The first-order valence-electron chi connectivity index (χ1n) is 7.06. The number of rotatable bonds is 3. The molecule has 1 saturated heterocycles. The van der Waals surface area contributed by atoms with Crippen molar-refractivity contribution in [2.75, 3.05) is 6.54 Å². The van der Waals surface area contributed by atoms with E-state index in [9.17, 15) is 9.90 Å². The van der Waals surface area contributed by atoms with E-state index >= 15 is 0 Å². The van der Waals surface area contributed by atoms with Crippen LogP contribution in [0.15, 0.2) is 29.3 Å². The van der Waals surface area contributed by atoms with E-state index in [-0.39, 0.29) is 6.04 Å². The predicted molar refractivity (Wildman–Crippen MR) is 76.5 cm³/mol. The number of carboxylic acid groups (broad SMARTS) is 1. The first-order chi connectivity index (χ1) is 9.72. The molecule has 0 amide bonds. The minimum Gasteiger partial charge on any atom is -0.480 e. The third kappa shape index (κ3) is 2.08. The van der Waals surface area contributed by atoms with Gasteiger partial charge in [0.1, 0.15) is 11.9 Å². The second-order valence-corrected chi connectivity index (χ2v) is 5.33. The molecule has 106 valence electrons. The molecule has 5 nitrogen and oxygen atoms in total. The van der Waals surface area contributed by atoms with Crippen LogP contribution in [-0.2, 0) is 11.3 Å². The Balaban J connectivity index is 2.02. The summed E-state index contributed by atoms with van der Waals surface area (Å²) in [6, 6.07) is 6.83. The van der Waals surface area contributed by atoms with Crippen molar-refractivity contribution in [1.29, 1.82) is 0 Å². The van der Waals surface area contributed by atoms with E-state index in [4.69, 9.17) is 10.7 Å². The van der Waals surface area contributed by atoms with Crippen LogP contribution in [-0.4, -0.2) is 34.4 Å². The van der Waals surface area contributed by atoms with Gasteiger partial charge in [-0.3, -0.25) is 4.99 Å². The van der Waals surface area contributed by atoms with Crippen molar-refractivity contribution in [2.45, 2.75) is 37.9 Å². The normalized spacial score (nSPS) is 25.2. The van der Waals surface area contributed by atoms with Crippen LogP contribution < -0.4 is 5.73 Å². The maximum atomic E-state index is 11.7. The molecular formula is C15H19N3O2. The molecule has 3 rings (SSSR count). The van der Waals surface area contributed by atoms with Crippen molar-refractivity contribution in [1.82, 2.24) is 4.90 Å². The molecule has 0 aromatic heterocycles. The Labute approximate surface area is 118 Å². The quantitative estimate of drug-likeness (QED) is 0.875. The Bertz CT molecular complexity index is 556. The maximum Gasteiger partial charge on any atom is 0.328 e. The first kappa shape index (κ1) is 13.1. The molecule has 1 aromatic carbocycles. The van der Waals surface area contributed by atoms with Gasteiger partial charge >= 0.3 is 5.97 Å². The second-order valence-electron chi connectivity index (χ2n) is 5.33. The molecule has 1 fully saturated rings. The standard InChI is InChI=1S/C15H19N3O2/c16-9-10-5-1-2-6-11(10)13-14(15(19)20)18-8-4-3-7-12(18)17-13/h1-2,5-6,13-14H,3-4,7-9,16H2,(H,19,20). The van der Waals surface area contributed by atoms with E-state index < -0.39 is 12.0 Å². The molecule has 0 radical (unpaired) electrons. The van der Waals surface area contributed by atoms with Gasteiger partial charge in [-0.25, -0.2) is 4.79 Å². The summed E-state index contributed by atoms with van der Waals surface area (Å²) in [5.74, 6) is 0.142. The molecule has 0 bridgehead atoms. The van der Waals surface area contributed by atoms with Crippen LogP contribution in [0.3, 0.4) is 0 Å². The number of amidine groups is 1. The highest BCUT2D eigenvalue weighted by Crippen LogP contribution is 2.36. The summed E-state index contributed by atoms with van der Waals surface area (Å²) in [5.41, 5.74) is 7.70. The van der Waals surface area contributed by atoms with E-state index in [0.717, 1.165) is 42.8 Å². The topological polar surface area (TPSA) is 78.9 Å². The molecule has 1 aromatic rings. The van der Waals surface area contributed by atoms with Gasteiger partial charge in [0, 0.05) is 19.5 Å². The number of hydrogen-bond acceptors (Lipinski definition) is 4. The summed E-state index contributed by atoms with van der Waals surface area (Å²) >= 11 is 0. The lowest BCUT2D eigenvalue weighted by molar-refractivity contribution is -0.142. The van der Waals surface area contributed by atoms with Crippen LogP contribution in [0.1, 0.15) is 36.4 Å².